The number of fused-ring (bicyclic) bond motifs is 1. The van der Waals surface area contributed by atoms with Crippen molar-refractivity contribution in [2.24, 2.45) is 5.92 Å². The minimum absolute atomic E-state index is 0.0612. The summed E-state index contributed by atoms with van der Waals surface area (Å²) in [6.45, 7) is 2.13. The molecule has 1 fully saturated rings. The molecule has 28 heavy (non-hydrogen) atoms. The molecule has 1 N–H and O–H groups in total. The van der Waals surface area contributed by atoms with E-state index >= 15 is 0 Å². The molecule has 2 aromatic rings. The monoisotopic (exact) mass is 384 g/mol. The van der Waals surface area contributed by atoms with Crippen molar-refractivity contribution in [3.8, 4) is 0 Å². The topological polar surface area (TPSA) is 74.2 Å². The van der Waals surface area contributed by atoms with E-state index in [2.05, 4.69) is 15.3 Å². The molecular weight excluding hydrogens is 359 g/mol. The Hall–Kier alpha value is -2.77. The predicted octanol–water partition coefficient (Wildman–Crippen LogP) is 1.82. The van der Waals surface area contributed by atoms with Crippen molar-refractivity contribution in [1.82, 2.24) is 20.3 Å². The average Bonchev–Trinajstić information content (AvgIpc) is 3.52. The van der Waals surface area contributed by atoms with Crippen molar-refractivity contribution in [2.45, 2.75) is 25.7 Å². The molecule has 7 nitrogen and oxygen atoms in total. The van der Waals surface area contributed by atoms with E-state index in [1.807, 2.05) is 30.0 Å². The number of amides is 1. The first-order valence-corrected chi connectivity index (χ1v) is 9.72. The standard InChI is InChI=1S/C20H25FN6O/c1-26(2)18-16(19(28)22-10-13-3-4-13)9-14-5-7-27(8-6-17(14)25-18)20-23-11-15(21)12-24-20/h9,11-13H,3-8,10H2,1-2H3,(H,22,28). The van der Waals surface area contributed by atoms with Crippen molar-refractivity contribution in [2.75, 3.05) is 43.5 Å². The highest BCUT2D eigenvalue weighted by Gasteiger charge is 2.25. The maximum atomic E-state index is 13.1. The molecule has 1 aliphatic carbocycles. The summed E-state index contributed by atoms with van der Waals surface area (Å²) in [4.78, 5) is 29.7. The number of halogens is 1. The maximum absolute atomic E-state index is 13.1. The zero-order valence-corrected chi connectivity index (χ0v) is 16.3. The van der Waals surface area contributed by atoms with Crippen LogP contribution in [0.3, 0.4) is 0 Å². The molecule has 0 atom stereocenters. The Morgan fingerprint density at radius 3 is 2.64 bits per heavy atom. The van der Waals surface area contributed by atoms with E-state index < -0.39 is 5.82 Å². The number of nitrogens with zero attached hydrogens (tertiary/aromatic N) is 5. The van der Waals surface area contributed by atoms with E-state index in [4.69, 9.17) is 4.98 Å². The van der Waals surface area contributed by atoms with Crippen LogP contribution in [0.5, 0.6) is 0 Å². The number of anilines is 2. The van der Waals surface area contributed by atoms with Crippen molar-refractivity contribution in [1.29, 1.82) is 0 Å². The molecule has 0 bridgehead atoms. The SMILES string of the molecule is CN(C)c1nc2c(cc1C(=O)NCC1CC1)CCN(c1ncc(F)cn1)CC2. The van der Waals surface area contributed by atoms with Gasteiger partial charge in [-0.1, -0.05) is 0 Å². The third-order valence-electron chi connectivity index (χ3n) is 5.25. The average molecular weight is 384 g/mol. The fourth-order valence-electron chi connectivity index (χ4n) is 3.45. The van der Waals surface area contributed by atoms with E-state index in [-0.39, 0.29) is 5.91 Å². The molecule has 3 heterocycles. The van der Waals surface area contributed by atoms with Crippen LogP contribution in [0.25, 0.3) is 0 Å². The number of rotatable bonds is 5. The van der Waals surface area contributed by atoms with Crippen LogP contribution in [0.2, 0.25) is 0 Å². The van der Waals surface area contributed by atoms with E-state index in [0.29, 0.717) is 36.3 Å². The van der Waals surface area contributed by atoms with Gasteiger partial charge in [0.1, 0.15) is 5.82 Å². The van der Waals surface area contributed by atoms with Gasteiger partial charge in [-0.15, -0.1) is 0 Å². The summed E-state index contributed by atoms with van der Waals surface area (Å²) < 4.78 is 13.1. The molecule has 0 spiro atoms. The van der Waals surface area contributed by atoms with Crippen molar-refractivity contribution in [3.05, 3.63) is 41.1 Å². The zero-order chi connectivity index (χ0) is 19.7. The molecule has 0 aromatic carbocycles. The van der Waals surface area contributed by atoms with Crippen LogP contribution in [0.1, 0.15) is 34.5 Å². The number of pyridine rings is 1. The van der Waals surface area contributed by atoms with Gasteiger partial charge in [0.05, 0.1) is 18.0 Å². The molecule has 0 saturated heterocycles. The van der Waals surface area contributed by atoms with Crippen LogP contribution in [0.15, 0.2) is 18.5 Å². The van der Waals surface area contributed by atoms with Crippen molar-refractivity contribution < 1.29 is 9.18 Å². The highest BCUT2D eigenvalue weighted by molar-refractivity contribution is 5.99. The van der Waals surface area contributed by atoms with Crippen LogP contribution in [-0.4, -0.2) is 54.6 Å². The predicted molar refractivity (Wildman–Crippen MR) is 105 cm³/mol. The Morgan fingerprint density at radius 1 is 1.25 bits per heavy atom. The second-order valence-corrected chi connectivity index (χ2v) is 7.70. The quantitative estimate of drug-likeness (QED) is 0.848. The van der Waals surface area contributed by atoms with E-state index in [1.54, 1.807) is 0 Å². The van der Waals surface area contributed by atoms with Gasteiger partial charge in [-0.05, 0) is 36.8 Å². The second-order valence-electron chi connectivity index (χ2n) is 7.70. The Labute approximate surface area is 164 Å². The highest BCUT2D eigenvalue weighted by Crippen LogP contribution is 2.28. The summed E-state index contributed by atoms with van der Waals surface area (Å²) in [5, 5.41) is 3.05. The van der Waals surface area contributed by atoms with Gasteiger partial charge < -0.3 is 15.1 Å². The van der Waals surface area contributed by atoms with E-state index in [1.165, 1.54) is 25.2 Å². The first kappa shape index (κ1) is 18.6. The molecule has 4 rings (SSSR count). The summed E-state index contributed by atoms with van der Waals surface area (Å²) in [6.07, 6.45) is 6.23. The summed E-state index contributed by atoms with van der Waals surface area (Å²) >= 11 is 0. The maximum Gasteiger partial charge on any atom is 0.255 e. The Bertz CT molecular complexity index is 866. The molecule has 2 aromatic heterocycles. The Morgan fingerprint density at radius 2 is 1.96 bits per heavy atom. The lowest BCUT2D eigenvalue weighted by Gasteiger charge is -2.19. The summed E-state index contributed by atoms with van der Waals surface area (Å²) in [5.74, 6) is 1.34. The molecule has 1 amide bonds. The van der Waals surface area contributed by atoms with Gasteiger partial charge in [-0.3, -0.25) is 4.79 Å². The summed E-state index contributed by atoms with van der Waals surface area (Å²) in [6, 6.07) is 1.98. The molecule has 0 radical (unpaired) electrons. The van der Waals surface area contributed by atoms with Gasteiger partial charge in [0, 0.05) is 45.8 Å². The largest absolute Gasteiger partial charge is 0.362 e. The van der Waals surface area contributed by atoms with E-state index in [0.717, 1.165) is 30.6 Å². The van der Waals surface area contributed by atoms with Gasteiger partial charge >= 0.3 is 0 Å². The lowest BCUT2D eigenvalue weighted by atomic mass is 10.0. The molecule has 2 aliphatic rings. The Kier molecular flexibility index (Phi) is 5.11. The highest BCUT2D eigenvalue weighted by atomic mass is 19.1. The van der Waals surface area contributed by atoms with E-state index in [9.17, 15) is 9.18 Å². The van der Waals surface area contributed by atoms with Gasteiger partial charge in [0.2, 0.25) is 5.95 Å². The third-order valence-corrected chi connectivity index (χ3v) is 5.25. The molecule has 8 heteroatoms. The van der Waals surface area contributed by atoms with Gasteiger partial charge in [-0.2, -0.15) is 0 Å². The second kappa shape index (κ2) is 7.69. The van der Waals surface area contributed by atoms with Crippen molar-refractivity contribution in [3.63, 3.8) is 0 Å². The normalized spacial score (nSPS) is 16.3. The smallest absolute Gasteiger partial charge is 0.255 e. The van der Waals surface area contributed by atoms with Gasteiger partial charge in [-0.25, -0.2) is 19.3 Å². The minimum Gasteiger partial charge on any atom is -0.362 e. The minimum atomic E-state index is -0.444. The number of hydrogen-bond acceptors (Lipinski definition) is 6. The molecule has 148 valence electrons. The third kappa shape index (κ3) is 4.05. The van der Waals surface area contributed by atoms with Crippen LogP contribution in [-0.2, 0) is 12.8 Å². The van der Waals surface area contributed by atoms with Crippen LogP contribution in [0.4, 0.5) is 16.2 Å². The lowest BCUT2D eigenvalue weighted by Crippen LogP contribution is -2.28. The fourth-order valence-corrected chi connectivity index (χ4v) is 3.45. The number of nitrogens with one attached hydrogen (secondary N) is 1. The van der Waals surface area contributed by atoms with Crippen LogP contribution in [0, 0.1) is 11.7 Å². The first-order chi connectivity index (χ1) is 13.5. The zero-order valence-electron chi connectivity index (χ0n) is 16.3. The van der Waals surface area contributed by atoms with Crippen LogP contribution >= 0.6 is 0 Å². The number of aromatic nitrogens is 3. The number of carbonyl (C=O) groups excluding carboxylic acids is 1. The van der Waals surface area contributed by atoms with Gasteiger partial charge in [0.25, 0.3) is 5.91 Å². The Balaban J connectivity index is 1.56. The molecule has 0 unspecified atom stereocenters. The number of carbonyl (C=O) groups is 1. The first-order valence-electron chi connectivity index (χ1n) is 9.72. The molecular formula is C20H25FN6O. The summed E-state index contributed by atoms with van der Waals surface area (Å²) in [7, 11) is 3.81. The van der Waals surface area contributed by atoms with Crippen molar-refractivity contribution >= 4 is 17.7 Å². The fraction of sp³-hybridized carbons (Fsp3) is 0.500. The van der Waals surface area contributed by atoms with Crippen LogP contribution < -0.4 is 15.1 Å². The lowest BCUT2D eigenvalue weighted by molar-refractivity contribution is 0.0952. The molecule has 1 aliphatic heterocycles. The van der Waals surface area contributed by atoms with Gasteiger partial charge in [0.15, 0.2) is 5.82 Å². The number of hydrogen-bond donors (Lipinski definition) is 1. The molecule has 1 saturated carbocycles. The summed E-state index contributed by atoms with van der Waals surface area (Å²) in [5.41, 5.74) is 2.69.